The van der Waals surface area contributed by atoms with Crippen LogP contribution in [-0.2, 0) is 11.2 Å². The summed E-state index contributed by atoms with van der Waals surface area (Å²) in [6.07, 6.45) is 3.78. The summed E-state index contributed by atoms with van der Waals surface area (Å²) in [6.45, 7) is 5.20. The molecule has 2 rings (SSSR count). The molecule has 0 aliphatic carbocycles. The van der Waals surface area contributed by atoms with Crippen LogP contribution >= 0.6 is 0 Å². The SMILES string of the molecule is CCc1nnc(C)cc1C(=O)N1CCCC(CC(N)=O)CC1. The van der Waals surface area contributed by atoms with Gasteiger partial charge < -0.3 is 10.6 Å². The average Bonchev–Trinajstić information content (AvgIpc) is 2.71. The van der Waals surface area contributed by atoms with Gasteiger partial charge >= 0.3 is 0 Å². The Hall–Kier alpha value is -1.98. The molecule has 0 radical (unpaired) electrons. The summed E-state index contributed by atoms with van der Waals surface area (Å²) in [5, 5.41) is 8.16. The zero-order chi connectivity index (χ0) is 16.1. The number of nitrogens with two attached hydrogens (primary N) is 1. The maximum Gasteiger partial charge on any atom is 0.255 e. The highest BCUT2D eigenvalue weighted by molar-refractivity contribution is 5.95. The van der Waals surface area contributed by atoms with Crippen molar-refractivity contribution in [3.8, 4) is 0 Å². The maximum absolute atomic E-state index is 12.8. The average molecular weight is 304 g/mol. The van der Waals surface area contributed by atoms with Crippen LogP contribution in [0.1, 0.15) is 54.4 Å². The van der Waals surface area contributed by atoms with Gasteiger partial charge in [0.2, 0.25) is 5.91 Å². The van der Waals surface area contributed by atoms with Crippen molar-refractivity contribution in [2.75, 3.05) is 13.1 Å². The van der Waals surface area contributed by atoms with Gasteiger partial charge in [-0.2, -0.15) is 10.2 Å². The second kappa shape index (κ2) is 7.33. The van der Waals surface area contributed by atoms with Crippen molar-refractivity contribution in [1.29, 1.82) is 0 Å². The molecule has 1 aliphatic heterocycles. The third kappa shape index (κ3) is 4.02. The normalized spacial score (nSPS) is 18.8. The molecule has 6 heteroatoms. The van der Waals surface area contributed by atoms with E-state index in [0.29, 0.717) is 30.9 Å². The standard InChI is InChI=1S/C16H24N4O2/c1-3-14-13(9-11(2)18-19-14)16(22)20-7-4-5-12(6-8-20)10-15(17)21/h9,12H,3-8,10H2,1-2H3,(H2,17,21). The van der Waals surface area contributed by atoms with Crippen molar-refractivity contribution >= 4 is 11.8 Å². The summed E-state index contributed by atoms with van der Waals surface area (Å²) >= 11 is 0. The number of aromatic nitrogens is 2. The highest BCUT2D eigenvalue weighted by Gasteiger charge is 2.24. The van der Waals surface area contributed by atoms with Crippen molar-refractivity contribution in [1.82, 2.24) is 15.1 Å². The zero-order valence-corrected chi connectivity index (χ0v) is 13.3. The van der Waals surface area contributed by atoms with Crippen LogP contribution in [0.15, 0.2) is 6.07 Å². The molecule has 1 unspecified atom stereocenters. The van der Waals surface area contributed by atoms with Gasteiger partial charge in [0.15, 0.2) is 0 Å². The van der Waals surface area contributed by atoms with Crippen LogP contribution in [0.4, 0.5) is 0 Å². The third-order valence-corrected chi connectivity index (χ3v) is 4.18. The second-order valence-electron chi connectivity index (χ2n) is 5.96. The molecule has 1 aromatic rings. The minimum atomic E-state index is -0.257. The number of carbonyl (C=O) groups excluding carboxylic acids is 2. The largest absolute Gasteiger partial charge is 0.370 e. The molecule has 2 heterocycles. The predicted molar refractivity (Wildman–Crippen MR) is 83.2 cm³/mol. The van der Waals surface area contributed by atoms with Crippen LogP contribution in [0, 0.1) is 12.8 Å². The molecule has 1 fully saturated rings. The number of hydrogen-bond donors (Lipinski definition) is 1. The molecule has 1 atom stereocenters. The smallest absolute Gasteiger partial charge is 0.255 e. The van der Waals surface area contributed by atoms with Crippen molar-refractivity contribution in [3.63, 3.8) is 0 Å². The van der Waals surface area contributed by atoms with Crippen molar-refractivity contribution < 1.29 is 9.59 Å². The van der Waals surface area contributed by atoms with Crippen LogP contribution in [-0.4, -0.2) is 40.0 Å². The Bertz CT molecular complexity index is 559. The molecule has 0 aromatic carbocycles. The zero-order valence-electron chi connectivity index (χ0n) is 13.3. The van der Waals surface area contributed by atoms with E-state index in [4.69, 9.17) is 5.73 Å². The molecule has 0 spiro atoms. The lowest BCUT2D eigenvalue weighted by Gasteiger charge is -2.21. The Kier molecular flexibility index (Phi) is 5.46. The Morgan fingerprint density at radius 1 is 1.32 bits per heavy atom. The van der Waals surface area contributed by atoms with Crippen LogP contribution in [0.2, 0.25) is 0 Å². The summed E-state index contributed by atoms with van der Waals surface area (Å²) in [7, 11) is 0. The van der Waals surface area contributed by atoms with Crippen LogP contribution in [0.3, 0.4) is 0 Å². The molecule has 1 saturated heterocycles. The molecule has 22 heavy (non-hydrogen) atoms. The lowest BCUT2D eigenvalue weighted by Crippen LogP contribution is -2.33. The first-order chi connectivity index (χ1) is 10.5. The van der Waals surface area contributed by atoms with Crippen LogP contribution in [0.5, 0.6) is 0 Å². The van der Waals surface area contributed by atoms with E-state index in [1.165, 1.54) is 0 Å². The maximum atomic E-state index is 12.8. The first-order valence-corrected chi connectivity index (χ1v) is 7.92. The van der Waals surface area contributed by atoms with E-state index >= 15 is 0 Å². The fraction of sp³-hybridized carbons (Fsp3) is 0.625. The summed E-state index contributed by atoms with van der Waals surface area (Å²) in [6, 6.07) is 1.82. The van der Waals surface area contributed by atoms with Gasteiger partial charge in [-0.3, -0.25) is 9.59 Å². The Morgan fingerprint density at radius 2 is 2.09 bits per heavy atom. The van der Waals surface area contributed by atoms with Gasteiger partial charge in [0.1, 0.15) is 0 Å². The Morgan fingerprint density at radius 3 is 2.77 bits per heavy atom. The van der Waals surface area contributed by atoms with Gasteiger partial charge in [0.25, 0.3) is 5.91 Å². The number of primary amides is 1. The Balaban J connectivity index is 2.10. The van der Waals surface area contributed by atoms with Crippen LogP contribution < -0.4 is 5.73 Å². The number of carbonyl (C=O) groups is 2. The topological polar surface area (TPSA) is 89.2 Å². The molecule has 0 saturated carbocycles. The van der Waals surface area contributed by atoms with Crippen molar-refractivity contribution in [3.05, 3.63) is 23.0 Å². The Labute approximate surface area is 131 Å². The molecule has 6 nitrogen and oxygen atoms in total. The lowest BCUT2D eigenvalue weighted by atomic mass is 9.97. The number of rotatable bonds is 4. The first-order valence-electron chi connectivity index (χ1n) is 7.92. The molecule has 0 bridgehead atoms. The van der Waals surface area contributed by atoms with E-state index in [1.54, 1.807) is 0 Å². The number of aryl methyl sites for hydroxylation is 2. The minimum absolute atomic E-state index is 0.0228. The van der Waals surface area contributed by atoms with E-state index in [9.17, 15) is 9.59 Å². The van der Waals surface area contributed by atoms with Crippen molar-refractivity contribution in [2.24, 2.45) is 11.7 Å². The number of hydrogen-bond acceptors (Lipinski definition) is 4. The minimum Gasteiger partial charge on any atom is -0.370 e. The molecule has 2 amide bonds. The molecular formula is C16H24N4O2. The van der Waals surface area contributed by atoms with Crippen LogP contribution in [0.25, 0.3) is 0 Å². The van der Waals surface area contributed by atoms with E-state index in [2.05, 4.69) is 10.2 Å². The molecule has 1 aromatic heterocycles. The summed E-state index contributed by atoms with van der Waals surface area (Å²) < 4.78 is 0. The fourth-order valence-corrected chi connectivity index (χ4v) is 2.99. The number of nitrogens with zero attached hydrogens (tertiary/aromatic N) is 3. The van der Waals surface area contributed by atoms with E-state index in [0.717, 1.165) is 37.2 Å². The molecular weight excluding hydrogens is 280 g/mol. The van der Waals surface area contributed by atoms with Gasteiger partial charge in [-0.15, -0.1) is 0 Å². The van der Waals surface area contributed by atoms with Gasteiger partial charge in [-0.25, -0.2) is 0 Å². The molecule has 2 N–H and O–H groups in total. The number of amides is 2. The summed E-state index contributed by atoms with van der Waals surface area (Å²) in [4.78, 5) is 25.7. The second-order valence-corrected chi connectivity index (χ2v) is 5.96. The van der Waals surface area contributed by atoms with Gasteiger partial charge in [-0.1, -0.05) is 6.92 Å². The first kappa shape index (κ1) is 16.4. The van der Waals surface area contributed by atoms with E-state index in [-0.39, 0.29) is 11.8 Å². The monoisotopic (exact) mass is 304 g/mol. The van der Waals surface area contributed by atoms with Gasteiger partial charge in [0.05, 0.1) is 17.0 Å². The molecule has 120 valence electrons. The van der Waals surface area contributed by atoms with Crippen molar-refractivity contribution in [2.45, 2.75) is 46.0 Å². The van der Waals surface area contributed by atoms with Gasteiger partial charge in [-0.05, 0) is 44.6 Å². The summed E-state index contributed by atoms with van der Waals surface area (Å²) in [5.74, 6) is 0.0554. The van der Waals surface area contributed by atoms with E-state index in [1.807, 2.05) is 24.8 Å². The predicted octanol–water partition coefficient (Wildman–Crippen LogP) is 1.47. The fourth-order valence-electron chi connectivity index (χ4n) is 2.99. The highest BCUT2D eigenvalue weighted by Crippen LogP contribution is 2.22. The van der Waals surface area contributed by atoms with E-state index < -0.39 is 0 Å². The third-order valence-electron chi connectivity index (χ3n) is 4.18. The molecule has 1 aliphatic rings. The highest BCUT2D eigenvalue weighted by atomic mass is 16.2. The quantitative estimate of drug-likeness (QED) is 0.912. The lowest BCUT2D eigenvalue weighted by molar-refractivity contribution is -0.119. The summed E-state index contributed by atoms with van der Waals surface area (Å²) in [5.41, 5.74) is 7.43. The number of likely N-dealkylation sites (tertiary alicyclic amines) is 1. The van der Waals surface area contributed by atoms with Gasteiger partial charge in [0, 0.05) is 19.5 Å².